The summed E-state index contributed by atoms with van der Waals surface area (Å²) in [6.45, 7) is 13.6. The number of hydrogen-bond donors (Lipinski definition) is 1. The molecule has 0 radical (unpaired) electrons. The van der Waals surface area contributed by atoms with Crippen LogP contribution in [0.5, 0.6) is 0 Å². The van der Waals surface area contributed by atoms with Crippen LogP contribution in [0.1, 0.15) is 26.6 Å². The van der Waals surface area contributed by atoms with Gasteiger partial charge in [0.1, 0.15) is 5.82 Å². The number of aryl methyl sites for hydroxylation is 1. The molecule has 0 saturated carbocycles. The Labute approximate surface area is 171 Å². The number of guanidine groups is 1. The van der Waals surface area contributed by atoms with E-state index in [-0.39, 0.29) is 29.4 Å². The molecule has 1 aromatic rings. The lowest BCUT2D eigenvalue weighted by Crippen LogP contribution is -2.53. The SMILES string of the molecule is CCNC(=NCC1(C)COC1)N1CCN(c2nc(CC)ns2)CC1.I. The summed E-state index contributed by atoms with van der Waals surface area (Å²) < 4.78 is 9.72. The third kappa shape index (κ3) is 5.16. The molecule has 1 aromatic heterocycles. The van der Waals surface area contributed by atoms with Crippen LogP contribution in [0.2, 0.25) is 0 Å². The average molecular weight is 480 g/mol. The molecule has 2 saturated heterocycles. The second-order valence-electron chi connectivity index (χ2n) is 6.79. The molecule has 0 aromatic carbocycles. The fourth-order valence-corrected chi connectivity index (χ4v) is 3.66. The van der Waals surface area contributed by atoms with Crippen LogP contribution < -0.4 is 10.2 Å². The summed E-state index contributed by atoms with van der Waals surface area (Å²) >= 11 is 1.51. The summed E-state index contributed by atoms with van der Waals surface area (Å²) in [5, 5.41) is 4.48. The molecule has 2 fully saturated rings. The van der Waals surface area contributed by atoms with Crippen LogP contribution in [-0.4, -0.2) is 72.7 Å². The quantitative estimate of drug-likeness (QED) is 0.394. The fourth-order valence-electron chi connectivity index (χ4n) is 2.86. The van der Waals surface area contributed by atoms with E-state index in [0.29, 0.717) is 0 Å². The summed E-state index contributed by atoms with van der Waals surface area (Å²) in [5.74, 6) is 1.97. The summed E-state index contributed by atoms with van der Waals surface area (Å²) in [4.78, 5) is 14.1. The standard InChI is InChI=1S/C16H28N6OS.HI/c1-4-13-19-15(24-20-13)22-8-6-21(7-9-22)14(17-5-2)18-10-16(3)11-23-12-16;/h4-12H2,1-3H3,(H,17,18);1H. The molecule has 7 nitrogen and oxygen atoms in total. The van der Waals surface area contributed by atoms with Gasteiger partial charge in [-0.05, 0) is 6.92 Å². The van der Waals surface area contributed by atoms with Crippen LogP contribution in [0.4, 0.5) is 5.13 Å². The molecular weight excluding hydrogens is 451 g/mol. The zero-order chi connectivity index (χ0) is 17.0. The molecule has 1 N–H and O–H groups in total. The van der Waals surface area contributed by atoms with Gasteiger partial charge in [-0.2, -0.15) is 4.37 Å². The lowest BCUT2D eigenvalue weighted by Gasteiger charge is -2.39. The smallest absolute Gasteiger partial charge is 0.205 e. The van der Waals surface area contributed by atoms with Crippen molar-refractivity contribution in [3.05, 3.63) is 5.82 Å². The normalized spacial score (nSPS) is 20.0. The number of hydrogen-bond acceptors (Lipinski definition) is 6. The fraction of sp³-hybridized carbons (Fsp3) is 0.812. The molecule has 3 heterocycles. The predicted molar refractivity (Wildman–Crippen MR) is 113 cm³/mol. The first-order valence-corrected chi connectivity index (χ1v) is 9.59. The van der Waals surface area contributed by atoms with E-state index in [2.05, 4.69) is 45.2 Å². The first kappa shape index (κ1) is 20.6. The monoisotopic (exact) mass is 480 g/mol. The van der Waals surface area contributed by atoms with Gasteiger partial charge in [-0.1, -0.05) is 13.8 Å². The molecule has 142 valence electrons. The van der Waals surface area contributed by atoms with Crippen LogP contribution in [0, 0.1) is 5.41 Å². The van der Waals surface area contributed by atoms with Crippen molar-refractivity contribution in [3.63, 3.8) is 0 Å². The Morgan fingerprint density at radius 1 is 1.28 bits per heavy atom. The molecular formula is C16H29IN6OS. The molecule has 2 aliphatic heterocycles. The molecule has 0 bridgehead atoms. The number of aliphatic imine (C=N–C) groups is 1. The maximum absolute atomic E-state index is 5.33. The number of halogens is 1. The highest BCUT2D eigenvalue weighted by molar-refractivity contribution is 14.0. The van der Waals surface area contributed by atoms with Gasteiger partial charge in [0, 0.05) is 56.1 Å². The van der Waals surface area contributed by atoms with E-state index >= 15 is 0 Å². The highest BCUT2D eigenvalue weighted by Crippen LogP contribution is 2.26. The van der Waals surface area contributed by atoms with E-state index in [0.717, 1.165) is 75.8 Å². The average Bonchev–Trinajstić information content (AvgIpc) is 3.06. The number of nitrogens with zero attached hydrogens (tertiary/aromatic N) is 5. The Bertz CT molecular complexity index is 569. The summed E-state index contributed by atoms with van der Waals surface area (Å²) in [7, 11) is 0. The zero-order valence-corrected chi connectivity index (χ0v) is 18.5. The van der Waals surface area contributed by atoms with Crippen LogP contribution in [0.15, 0.2) is 4.99 Å². The second kappa shape index (κ2) is 9.31. The lowest BCUT2D eigenvalue weighted by molar-refractivity contribution is -0.0946. The van der Waals surface area contributed by atoms with E-state index < -0.39 is 0 Å². The van der Waals surface area contributed by atoms with Gasteiger partial charge in [-0.3, -0.25) is 4.99 Å². The highest BCUT2D eigenvalue weighted by atomic mass is 127. The van der Waals surface area contributed by atoms with Gasteiger partial charge in [0.2, 0.25) is 5.13 Å². The molecule has 2 aliphatic rings. The Morgan fingerprint density at radius 2 is 2.00 bits per heavy atom. The summed E-state index contributed by atoms with van der Waals surface area (Å²) in [6, 6.07) is 0. The van der Waals surface area contributed by atoms with Gasteiger partial charge >= 0.3 is 0 Å². The molecule has 3 rings (SSSR count). The van der Waals surface area contributed by atoms with Crippen molar-refractivity contribution in [3.8, 4) is 0 Å². The van der Waals surface area contributed by atoms with Gasteiger partial charge in [-0.25, -0.2) is 4.98 Å². The minimum Gasteiger partial charge on any atom is -0.380 e. The van der Waals surface area contributed by atoms with E-state index in [4.69, 9.17) is 9.73 Å². The van der Waals surface area contributed by atoms with Gasteiger partial charge in [0.15, 0.2) is 5.96 Å². The number of piperazine rings is 1. The van der Waals surface area contributed by atoms with Crippen molar-refractivity contribution in [1.82, 2.24) is 19.6 Å². The third-order valence-corrected chi connectivity index (χ3v) is 5.28. The molecule has 9 heteroatoms. The van der Waals surface area contributed by atoms with Crippen molar-refractivity contribution in [2.45, 2.75) is 27.2 Å². The van der Waals surface area contributed by atoms with Crippen molar-refractivity contribution in [2.24, 2.45) is 10.4 Å². The van der Waals surface area contributed by atoms with Crippen molar-refractivity contribution >= 4 is 46.6 Å². The lowest BCUT2D eigenvalue weighted by atomic mass is 9.89. The van der Waals surface area contributed by atoms with E-state index in [1.54, 1.807) is 0 Å². The van der Waals surface area contributed by atoms with E-state index in [1.165, 1.54) is 11.5 Å². The van der Waals surface area contributed by atoms with Crippen molar-refractivity contribution in [2.75, 3.05) is 57.4 Å². The Morgan fingerprint density at radius 3 is 2.52 bits per heavy atom. The van der Waals surface area contributed by atoms with E-state index in [1.807, 2.05) is 0 Å². The largest absolute Gasteiger partial charge is 0.380 e. The van der Waals surface area contributed by atoms with Crippen molar-refractivity contribution in [1.29, 1.82) is 0 Å². The Hall–Kier alpha value is -0.680. The number of nitrogens with one attached hydrogen (secondary N) is 1. The first-order valence-electron chi connectivity index (χ1n) is 8.82. The zero-order valence-electron chi connectivity index (χ0n) is 15.3. The van der Waals surface area contributed by atoms with Gasteiger partial charge < -0.3 is 19.9 Å². The molecule has 25 heavy (non-hydrogen) atoms. The van der Waals surface area contributed by atoms with Crippen LogP contribution >= 0.6 is 35.5 Å². The minimum absolute atomic E-state index is 0. The van der Waals surface area contributed by atoms with Gasteiger partial charge in [0.25, 0.3) is 0 Å². The molecule has 0 atom stereocenters. The van der Waals surface area contributed by atoms with Gasteiger partial charge in [0.05, 0.1) is 19.8 Å². The number of ether oxygens (including phenoxy) is 1. The van der Waals surface area contributed by atoms with E-state index in [9.17, 15) is 0 Å². The third-order valence-electron chi connectivity index (χ3n) is 4.47. The minimum atomic E-state index is 0. The molecule has 0 unspecified atom stereocenters. The van der Waals surface area contributed by atoms with Gasteiger partial charge in [-0.15, -0.1) is 24.0 Å². The van der Waals surface area contributed by atoms with Crippen LogP contribution in [0.3, 0.4) is 0 Å². The Balaban J connectivity index is 0.00000225. The number of anilines is 1. The maximum atomic E-state index is 5.33. The summed E-state index contributed by atoms with van der Waals surface area (Å²) in [6.07, 6.45) is 0.899. The molecule has 0 spiro atoms. The van der Waals surface area contributed by atoms with Crippen LogP contribution in [0.25, 0.3) is 0 Å². The van der Waals surface area contributed by atoms with Crippen molar-refractivity contribution < 1.29 is 4.74 Å². The molecule has 0 aliphatic carbocycles. The Kier molecular flexibility index (Phi) is 7.68. The number of rotatable bonds is 5. The van der Waals surface area contributed by atoms with Crippen LogP contribution in [-0.2, 0) is 11.2 Å². The molecule has 0 amide bonds. The topological polar surface area (TPSA) is 65.9 Å². The highest BCUT2D eigenvalue weighted by Gasteiger charge is 2.33. The second-order valence-corrected chi connectivity index (χ2v) is 7.52. The number of aromatic nitrogens is 2. The predicted octanol–water partition coefficient (Wildman–Crippen LogP) is 1.84. The first-order chi connectivity index (χ1) is 11.6. The summed E-state index contributed by atoms with van der Waals surface area (Å²) in [5.41, 5.74) is 0.214. The maximum Gasteiger partial charge on any atom is 0.205 e.